The number of carbonyl (C=O) groups is 1. The first-order valence-electron chi connectivity index (χ1n) is 8.62. The average molecular weight is 305 g/mol. The molecule has 1 aromatic heterocycles. The van der Waals surface area contributed by atoms with Gasteiger partial charge in [0.2, 0.25) is 0 Å². The lowest BCUT2D eigenvalue weighted by Gasteiger charge is -2.36. The van der Waals surface area contributed by atoms with Crippen LogP contribution >= 0.6 is 0 Å². The number of nitrogens with zero attached hydrogens (tertiary/aromatic N) is 2. The highest BCUT2D eigenvalue weighted by atomic mass is 16.3. The number of rotatable bonds is 7. The number of aromatic nitrogens is 2. The molecule has 1 amide bonds. The lowest BCUT2D eigenvalue weighted by molar-refractivity contribution is -0.0390. The smallest absolute Gasteiger partial charge is 0.254 e. The Kier molecular flexibility index (Phi) is 4.26. The van der Waals surface area contributed by atoms with Gasteiger partial charge in [0.1, 0.15) is 0 Å². The topological polar surface area (TPSA) is 67.2 Å². The zero-order valence-electron chi connectivity index (χ0n) is 13.6. The normalized spacial score (nSPS) is 21.2. The highest BCUT2D eigenvalue weighted by molar-refractivity contribution is 5.95. The van der Waals surface area contributed by atoms with Crippen LogP contribution in [0.3, 0.4) is 0 Å². The quantitative estimate of drug-likeness (QED) is 0.814. The van der Waals surface area contributed by atoms with E-state index in [-0.39, 0.29) is 5.91 Å². The van der Waals surface area contributed by atoms with Crippen LogP contribution in [0.15, 0.2) is 6.20 Å². The average Bonchev–Trinajstić information content (AvgIpc) is 3.22. The Morgan fingerprint density at radius 1 is 1.55 bits per heavy atom. The van der Waals surface area contributed by atoms with Gasteiger partial charge in [-0.05, 0) is 51.9 Å². The summed E-state index contributed by atoms with van der Waals surface area (Å²) < 4.78 is 2.03. The van der Waals surface area contributed by atoms with Crippen LogP contribution in [0.2, 0.25) is 0 Å². The van der Waals surface area contributed by atoms with Gasteiger partial charge in [-0.1, -0.05) is 6.92 Å². The fourth-order valence-corrected chi connectivity index (χ4v) is 3.17. The lowest BCUT2D eigenvalue weighted by Crippen LogP contribution is -2.40. The van der Waals surface area contributed by atoms with Crippen molar-refractivity contribution in [3.05, 3.63) is 17.5 Å². The molecule has 5 heteroatoms. The molecule has 0 aromatic carbocycles. The molecule has 0 aliphatic heterocycles. The number of carbonyl (C=O) groups excluding carboxylic acids is 1. The van der Waals surface area contributed by atoms with Gasteiger partial charge in [0.15, 0.2) is 0 Å². The molecule has 5 nitrogen and oxygen atoms in total. The number of aliphatic hydroxyl groups is 1. The van der Waals surface area contributed by atoms with Gasteiger partial charge in [-0.2, -0.15) is 5.10 Å². The molecule has 2 aliphatic carbocycles. The largest absolute Gasteiger partial charge is 0.390 e. The second-order valence-corrected chi connectivity index (χ2v) is 7.00. The van der Waals surface area contributed by atoms with Gasteiger partial charge in [0.25, 0.3) is 5.91 Å². The maximum Gasteiger partial charge on any atom is 0.254 e. The van der Waals surface area contributed by atoms with Gasteiger partial charge in [-0.3, -0.25) is 9.48 Å². The van der Waals surface area contributed by atoms with Crippen molar-refractivity contribution in [3.8, 4) is 0 Å². The zero-order valence-corrected chi connectivity index (χ0v) is 13.6. The van der Waals surface area contributed by atoms with Crippen molar-refractivity contribution in [2.24, 2.45) is 0 Å². The van der Waals surface area contributed by atoms with Crippen molar-refractivity contribution in [2.45, 2.75) is 76.4 Å². The molecular weight excluding hydrogens is 278 g/mol. The van der Waals surface area contributed by atoms with E-state index in [1.807, 2.05) is 4.68 Å². The van der Waals surface area contributed by atoms with Gasteiger partial charge in [-0.15, -0.1) is 0 Å². The third-order valence-corrected chi connectivity index (χ3v) is 5.21. The number of hydrogen-bond donors (Lipinski definition) is 2. The molecule has 3 rings (SSSR count). The van der Waals surface area contributed by atoms with Crippen LogP contribution in [0.4, 0.5) is 0 Å². The standard InChI is InChI=1S/C17H27N3O2/c1-3-12(2)20-15(13-5-6-13)14(11-19-20)16(21)18-10-9-17(22)7-4-8-17/h11-13,22H,3-10H2,1-2H3,(H,18,21). The molecule has 0 spiro atoms. The Labute approximate surface area is 132 Å². The molecule has 1 heterocycles. The third-order valence-electron chi connectivity index (χ3n) is 5.21. The Balaban J connectivity index is 1.65. The van der Waals surface area contributed by atoms with Crippen molar-refractivity contribution in [1.29, 1.82) is 0 Å². The summed E-state index contributed by atoms with van der Waals surface area (Å²) in [6, 6.07) is 0.327. The van der Waals surface area contributed by atoms with Crippen LogP contribution in [-0.2, 0) is 0 Å². The van der Waals surface area contributed by atoms with Crippen molar-refractivity contribution in [1.82, 2.24) is 15.1 Å². The minimum atomic E-state index is -0.534. The summed E-state index contributed by atoms with van der Waals surface area (Å²) in [6.45, 7) is 4.82. The summed E-state index contributed by atoms with van der Waals surface area (Å²) in [5.41, 5.74) is 1.30. The molecule has 2 aliphatic rings. The van der Waals surface area contributed by atoms with E-state index in [2.05, 4.69) is 24.3 Å². The summed E-state index contributed by atoms with van der Waals surface area (Å²) in [4.78, 5) is 12.5. The van der Waals surface area contributed by atoms with Crippen molar-refractivity contribution < 1.29 is 9.90 Å². The Morgan fingerprint density at radius 2 is 2.27 bits per heavy atom. The van der Waals surface area contributed by atoms with Crippen LogP contribution in [0.5, 0.6) is 0 Å². The first kappa shape index (κ1) is 15.5. The SMILES string of the molecule is CCC(C)n1ncc(C(=O)NCCC2(O)CCC2)c1C1CC1. The lowest BCUT2D eigenvalue weighted by atomic mass is 9.78. The fraction of sp³-hybridized carbons (Fsp3) is 0.765. The van der Waals surface area contributed by atoms with Crippen molar-refractivity contribution >= 4 is 5.91 Å². The molecule has 1 aromatic rings. The van der Waals surface area contributed by atoms with E-state index in [0.717, 1.165) is 49.8 Å². The molecule has 2 N–H and O–H groups in total. The maximum absolute atomic E-state index is 12.5. The predicted molar refractivity (Wildman–Crippen MR) is 85.0 cm³/mol. The van der Waals surface area contributed by atoms with Gasteiger partial charge < -0.3 is 10.4 Å². The first-order chi connectivity index (χ1) is 10.5. The Bertz CT molecular complexity index is 544. The van der Waals surface area contributed by atoms with E-state index in [1.165, 1.54) is 0 Å². The van der Waals surface area contributed by atoms with E-state index < -0.39 is 5.60 Å². The number of nitrogens with one attached hydrogen (secondary N) is 1. The molecule has 2 saturated carbocycles. The third kappa shape index (κ3) is 3.05. The zero-order chi connectivity index (χ0) is 15.7. The molecule has 0 saturated heterocycles. The van der Waals surface area contributed by atoms with Gasteiger partial charge in [-0.25, -0.2) is 0 Å². The molecule has 2 fully saturated rings. The summed E-state index contributed by atoms with van der Waals surface area (Å²) in [5.74, 6) is 0.451. The summed E-state index contributed by atoms with van der Waals surface area (Å²) in [5, 5.41) is 17.5. The van der Waals surface area contributed by atoms with E-state index in [1.54, 1.807) is 6.20 Å². The molecule has 22 heavy (non-hydrogen) atoms. The summed E-state index contributed by atoms with van der Waals surface area (Å²) in [6.07, 6.45) is 8.51. The molecule has 0 bridgehead atoms. The van der Waals surface area contributed by atoms with E-state index in [9.17, 15) is 9.90 Å². The summed E-state index contributed by atoms with van der Waals surface area (Å²) in [7, 11) is 0. The van der Waals surface area contributed by atoms with Crippen LogP contribution in [0.1, 0.15) is 86.8 Å². The van der Waals surface area contributed by atoms with E-state index >= 15 is 0 Å². The Hall–Kier alpha value is -1.36. The minimum Gasteiger partial charge on any atom is -0.390 e. The van der Waals surface area contributed by atoms with Crippen LogP contribution in [0, 0.1) is 0 Å². The monoisotopic (exact) mass is 305 g/mol. The maximum atomic E-state index is 12.5. The van der Waals surface area contributed by atoms with Crippen molar-refractivity contribution in [3.63, 3.8) is 0 Å². The van der Waals surface area contributed by atoms with Crippen LogP contribution < -0.4 is 5.32 Å². The first-order valence-corrected chi connectivity index (χ1v) is 8.62. The summed E-state index contributed by atoms with van der Waals surface area (Å²) >= 11 is 0. The van der Waals surface area contributed by atoms with Crippen molar-refractivity contribution in [2.75, 3.05) is 6.54 Å². The van der Waals surface area contributed by atoms with Gasteiger partial charge in [0, 0.05) is 18.5 Å². The molecule has 0 radical (unpaired) electrons. The number of hydrogen-bond acceptors (Lipinski definition) is 3. The number of amides is 1. The van der Waals surface area contributed by atoms with Gasteiger partial charge in [0.05, 0.1) is 23.1 Å². The Morgan fingerprint density at radius 3 is 2.82 bits per heavy atom. The molecule has 1 unspecified atom stereocenters. The second-order valence-electron chi connectivity index (χ2n) is 7.00. The highest BCUT2D eigenvalue weighted by Crippen LogP contribution is 2.42. The predicted octanol–water partition coefficient (Wildman–Crippen LogP) is 2.77. The highest BCUT2D eigenvalue weighted by Gasteiger charge is 2.35. The fourth-order valence-electron chi connectivity index (χ4n) is 3.17. The minimum absolute atomic E-state index is 0.0422. The molecule has 1 atom stereocenters. The van der Waals surface area contributed by atoms with Crippen LogP contribution in [0.25, 0.3) is 0 Å². The van der Waals surface area contributed by atoms with Crippen LogP contribution in [-0.4, -0.2) is 32.9 Å². The van der Waals surface area contributed by atoms with E-state index in [4.69, 9.17) is 0 Å². The molecular formula is C17H27N3O2. The molecule has 122 valence electrons. The second kappa shape index (κ2) is 6.03. The van der Waals surface area contributed by atoms with Gasteiger partial charge >= 0.3 is 0 Å². The van der Waals surface area contributed by atoms with E-state index in [0.29, 0.717) is 24.9 Å².